The van der Waals surface area contributed by atoms with Crippen LogP contribution in [0.1, 0.15) is 13.3 Å². The number of fused-ring (bicyclic) bond motifs is 1. The summed E-state index contributed by atoms with van der Waals surface area (Å²) in [5.41, 5.74) is 6.00. The molecule has 6 heteroatoms. The van der Waals surface area contributed by atoms with Gasteiger partial charge in [-0.3, -0.25) is 4.79 Å². The van der Waals surface area contributed by atoms with Crippen LogP contribution in [0, 0.1) is 0 Å². The molecule has 16 heavy (non-hydrogen) atoms. The van der Waals surface area contributed by atoms with Gasteiger partial charge in [0.15, 0.2) is 5.82 Å². The monoisotopic (exact) mass is 219 g/mol. The van der Waals surface area contributed by atoms with Gasteiger partial charge in [0.25, 0.3) is 0 Å². The first-order chi connectivity index (χ1) is 7.66. The molecule has 0 aliphatic carbocycles. The third kappa shape index (κ3) is 2.10. The summed E-state index contributed by atoms with van der Waals surface area (Å²) in [6.45, 7) is 1.88. The van der Waals surface area contributed by atoms with Gasteiger partial charge in [0, 0.05) is 24.9 Å². The van der Waals surface area contributed by atoms with Crippen LogP contribution in [0.25, 0.3) is 5.52 Å². The zero-order valence-corrected chi connectivity index (χ0v) is 8.92. The predicted molar refractivity (Wildman–Crippen MR) is 59.9 cm³/mol. The summed E-state index contributed by atoms with van der Waals surface area (Å²) in [6.07, 6.45) is 5.39. The largest absolute Gasteiger partial charge is 0.370 e. The van der Waals surface area contributed by atoms with E-state index in [0.717, 1.165) is 5.52 Å². The Morgan fingerprint density at radius 2 is 2.44 bits per heavy atom. The molecule has 84 valence electrons. The first-order valence-electron chi connectivity index (χ1n) is 5.00. The summed E-state index contributed by atoms with van der Waals surface area (Å²) < 4.78 is 1.71. The highest BCUT2D eigenvalue weighted by Crippen LogP contribution is 2.13. The molecule has 1 amide bonds. The Morgan fingerprint density at radius 3 is 3.19 bits per heavy atom. The number of anilines is 1. The lowest BCUT2D eigenvalue weighted by atomic mass is 10.2. The predicted octanol–water partition coefficient (Wildman–Crippen LogP) is 0.405. The van der Waals surface area contributed by atoms with E-state index in [9.17, 15) is 4.79 Å². The fourth-order valence-electron chi connectivity index (χ4n) is 1.56. The van der Waals surface area contributed by atoms with Gasteiger partial charge < -0.3 is 11.1 Å². The van der Waals surface area contributed by atoms with Crippen LogP contribution in [0.5, 0.6) is 0 Å². The quantitative estimate of drug-likeness (QED) is 0.779. The van der Waals surface area contributed by atoms with Crippen molar-refractivity contribution < 1.29 is 4.79 Å². The van der Waals surface area contributed by atoms with Gasteiger partial charge in [0.1, 0.15) is 5.52 Å². The van der Waals surface area contributed by atoms with Gasteiger partial charge in [0.2, 0.25) is 5.91 Å². The highest BCUT2D eigenvalue weighted by molar-refractivity contribution is 5.75. The number of carbonyl (C=O) groups excluding carboxylic acids is 1. The number of aromatic nitrogens is 3. The average molecular weight is 219 g/mol. The van der Waals surface area contributed by atoms with E-state index >= 15 is 0 Å². The van der Waals surface area contributed by atoms with Crippen LogP contribution in [0.4, 0.5) is 5.82 Å². The van der Waals surface area contributed by atoms with Crippen LogP contribution in [0.15, 0.2) is 24.7 Å². The van der Waals surface area contributed by atoms with E-state index in [-0.39, 0.29) is 18.4 Å². The lowest BCUT2D eigenvalue weighted by Gasteiger charge is -2.13. The Labute approximate surface area is 92.5 Å². The molecule has 0 spiro atoms. The lowest BCUT2D eigenvalue weighted by Crippen LogP contribution is -2.24. The van der Waals surface area contributed by atoms with Crippen molar-refractivity contribution in [3.63, 3.8) is 0 Å². The first-order valence-corrected chi connectivity index (χ1v) is 5.00. The van der Waals surface area contributed by atoms with Crippen molar-refractivity contribution in [1.82, 2.24) is 14.6 Å². The molecule has 0 aliphatic rings. The molecule has 0 aromatic carbocycles. The molecular formula is C10H13N5O. The molecule has 0 radical (unpaired) electrons. The Bertz CT molecular complexity index is 507. The molecule has 0 saturated heterocycles. The van der Waals surface area contributed by atoms with Crippen LogP contribution in [-0.4, -0.2) is 26.5 Å². The molecule has 1 atom stereocenters. The smallest absolute Gasteiger partial charge is 0.219 e. The van der Waals surface area contributed by atoms with E-state index in [4.69, 9.17) is 5.73 Å². The minimum absolute atomic E-state index is 0.0499. The summed E-state index contributed by atoms with van der Waals surface area (Å²) >= 11 is 0. The number of rotatable bonds is 4. The molecule has 1 unspecified atom stereocenters. The molecule has 0 saturated carbocycles. The van der Waals surface area contributed by atoms with Gasteiger partial charge >= 0.3 is 0 Å². The van der Waals surface area contributed by atoms with Gasteiger partial charge in [-0.25, -0.2) is 9.50 Å². The Kier molecular flexibility index (Phi) is 2.72. The normalized spacial score (nSPS) is 12.6. The summed E-state index contributed by atoms with van der Waals surface area (Å²) in [5.74, 6) is 0.370. The molecule has 2 rings (SSSR count). The zero-order chi connectivity index (χ0) is 11.5. The van der Waals surface area contributed by atoms with Crippen molar-refractivity contribution in [3.05, 3.63) is 24.7 Å². The van der Waals surface area contributed by atoms with E-state index in [1.54, 1.807) is 23.1 Å². The summed E-state index contributed by atoms with van der Waals surface area (Å²) in [4.78, 5) is 15.0. The van der Waals surface area contributed by atoms with E-state index in [2.05, 4.69) is 15.4 Å². The summed E-state index contributed by atoms with van der Waals surface area (Å²) in [5, 5.41) is 7.22. The Morgan fingerprint density at radius 1 is 1.62 bits per heavy atom. The Balaban J connectivity index is 2.20. The fourth-order valence-corrected chi connectivity index (χ4v) is 1.56. The van der Waals surface area contributed by atoms with E-state index in [1.165, 1.54) is 0 Å². The van der Waals surface area contributed by atoms with Crippen molar-refractivity contribution in [3.8, 4) is 0 Å². The van der Waals surface area contributed by atoms with Gasteiger partial charge in [-0.1, -0.05) is 0 Å². The minimum atomic E-state index is -0.333. The third-order valence-corrected chi connectivity index (χ3v) is 2.21. The maximum atomic E-state index is 10.8. The van der Waals surface area contributed by atoms with Gasteiger partial charge in [-0.05, 0) is 13.0 Å². The molecule has 2 aromatic heterocycles. The second-order valence-corrected chi connectivity index (χ2v) is 3.65. The SMILES string of the molecule is CC(CC(N)=O)Nc1nccn2nccc12. The average Bonchev–Trinajstić information content (AvgIpc) is 2.65. The van der Waals surface area contributed by atoms with Gasteiger partial charge in [0.05, 0.1) is 6.20 Å². The number of nitrogens with one attached hydrogen (secondary N) is 1. The van der Waals surface area contributed by atoms with Crippen LogP contribution in [0.2, 0.25) is 0 Å². The standard InChI is InChI=1S/C10H13N5O/c1-7(6-9(11)16)14-10-8-2-3-13-15(8)5-4-12-10/h2-5,7H,6H2,1H3,(H2,11,16)(H,12,14). The second-order valence-electron chi connectivity index (χ2n) is 3.65. The van der Waals surface area contributed by atoms with Crippen molar-refractivity contribution >= 4 is 17.2 Å². The van der Waals surface area contributed by atoms with Crippen LogP contribution in [0.3, 0.4) is 0 Å². The number of primary amides is 1. The molecular weight excluding hydrogens is 206 g/mol. The highest BCUT2D eigenvalue weighted by Gasteiger charge is 2.09. The number of nitrogens with two attached hydrogens (primary N) is 1. The van der Waals surface area contributed by atoms with Crippen molar-refractivity contribution in [2.24, 2.45) is 5.73 Å². The molecule has 0 bridgehead atoms. The summed E-state index contributed by atoms with van der Waals surface area (Å²) in [7, 11) is 0. The highest BCUT2D eigenvalue weighted by atomic mass is 16.1. The van der Waals surface area contributed by atoms with Crippen molar-refractivity contribution in [2.75, 3.05) is 5.32 Å². The number of amides is 1. The van der Waals surface area contributed by atoms with Crippen LogP contribution >= 0.6 is 0 Å². The zero-order valence-electron chi connectivity index (χ0n) is 8.92. The molecule has 0 fully saturated rings. The summed E-state index contributed by atoms with van der Waals surface area (Å²) in [6, 6.07) is 1.80. The maximum absolute atomic E-state index is 10.8. The Hall–Kier alpha value is -2.11. The van der Waals surface area contributed by atoms with Gasteiger partial charge in [-0.15, -0.1) is 0 Å². The number of nitrogens with zero attached hydrogens (tertiary/aromatic N) is 3. The fraction of sp³-hybridized carbons (Fsp3) is 0.300. The van der Waals surface area contributed by atoms with Crippen LogP contribution < -0.4 is 11.1 Å². The first kappa shape index (κ1) is 10.4. The van der Waals surface area contributed by atoms with Crippen molar-refractivity contribution in [1.29, 1.82) is 0 Å². The van der Waals surface area contributed by atoms with E-state index in [1.807, 2.05) is 13.0 Å². The van der Waals surface area contributed by atoms with Gasteiger partial charge in [-0.2, -0.15) is 5.10 Å². The van der Waals surface area contributed by atoms with E-state index in [0.29, 0.717) is 5.82 Å². The van der Waals surface area contributed by atoms with Crippen molar-refractivity contribution in [2.45, 2.75) is 19.4 Å². The minimum Gasteiger partial charge on any atom is -0.370 e. The number of hydrogen-bond donors (Lipinski definition) is 2. The molecule has 2 heterocycles. The second kappa shape index (κ2) is 4.18. The van der Waals surface area contributed by atoms with Crippen LogP contribution in [-0.2, 0) is 4.79 Å². The topological polar surface area (TPSA) is 85.3 Å². The number of hydrogen-bond acceptors (Lipinski definition) is 4. The maximum Gasteiger partial charge on any atom is 0.219 e. The molecule has 2 aromatic rings. The van der Waals surface area contributed by atoms with E-state index < -0.39 is 0 Å². The number of carbonyl (C=O) groups is 1. The third-order valence-electron chi connectivity index (χ3n) is 2.21. The lowest BCUT2D eigenvalue weighted by molar-refractivity contribution is -0.118. The molecule has 0 aliphatic heterocycles. The molecule has 6 nitrogen and oxygen atoms in total. The molecule has 3 N–H and O–H groups in total.